The molecular weight excluding hydrogens is 328 g/mol. The van der Waals surface area contributed by atoms with Gasteiger partial charge in [0.1, 0.15) is 11.4 Å². The molecule has 2 heteroatoms. The molecule has 0 atom stereocenters. The van der Waals surface area contributed by atoms with Gasteiger partial charge in [0.05, 0.1) is 0 Å². The number of para-hydroxylation sites is 2. The summed E-state index contributed by atoms with van der Waals surface area (Å²) in [7, 11) is 2.15. The van der Waals surface area contributed by atoms with Crippen molar-refractivity contribution in [1.29, 1.82) is 0 Å². The first-order valence-corrected chi connectivity index (χ1v) is 9.35. The molecule has 6 rings (SSSR count). The number of nitrogens with two attached hydrogens (primary N) is 1. The Bertz CT molecular complexity index is 1360. The summed E-state index contributed by atoms with van der Waals surface area (Å²) in [5, 5.41) is 4.91. The van der Waals surface area contributed by atoms with E-state index in [0.717, 1.165) is 0 Å². The SMILES string of the molecule is Cn1c2ccccc2c2cc(-c3ccc4c(c3)-c3ccccc3[NH2+]4)ccc21. The minimum Gasteiger partial charge on any atom is -0.344 e. The molecule has 1 aliphatic rings. The van der Waals surface area contributed by atoms with Crippen molar-refractivity contribution >= 4 is 33.2 Å². The molecule has 5 aromatic rings. The fourth-order valence-corrected chi connectivity index (χ4v) is 4.48. The molecule has 1 aliphatic heterocycles. The molecule has 4 aromatic carbocycles. The lowest BCUT2D eigenvalue weighted by Crippen LogP contribution is -2.69. The van der Waals surface area contributed by atoms with Crippen molar-refractivity contribution in [1.82, 2.24) is 4.57 Å². The molecule has 0 saturated heterocycles. The van der Waals surface area contributed by atoms with Crippen LogP contribution >= 0.6 is 0 Å². The first-order valence-electron chi connectivity index (χ1n) is 9.35. The molecule has 2 N–H and O–H groups in total. The van der Waals surface area contributed by atoms with Crippen LogP contribution in [0, 0.1) is 0 Å². The summed E-state index contributed by atoms with van der Waals surface area (Å²) in [5.41, 5.74) is 10.4. The summed E-state index contributed by atoms with van der Waals surface area (Å²) < 4.78 is 2.28. The predicted molar refractivity (Wildman–Crippen MR) is 113 cm³/mol. The minimum atomic E-state index is 1.27. The molecule has 0 bridgehead atoms. The number of benzene rings is 4. The number of rotatable bonds is 1. The highest BCUT2D eigenvalue weighted by Crippen LogP contribution is 2.39. The lowest BCUT2D eigenvalue weighted by molar-refractivity contribution is -0.473. The van der Waals surface area contributed by atoms with Gasteiger partial charge in [0, 0.05) is 52.1 Å². The zero-order valence-corrected chi connectivity index (χ0v) is 15.1. The van der Waals surface area contributed by atoms with Crippen molar-refractivity contribution in [2.45, 2.75) is 0 Å². The van der Waals surface area contributed by atoms with E-state index in [-0.39, 0.29) is 0 Å². The van der Waals surface area contributed by atoms with Gasteiger partial charge >= 0.3 is 0 Å². The van der Waals surface area contributed by atoms with Crippen LogP contribution in [0.1, 0.15) is 0 Å². The van der Waals surface area contributed by atoms with Gasteiger partial charge in [-0.2, -0.15) is 0 Å². The van der Waals surface area contributed by atoms with Crippen LogP contribution in [0.3, 0.4) is 0 Å². The lowest BCUT2D eigenvalue weighted by Gasteiger charge is -2.05. The highest BCUT2D eigenvalue weighted by Gasteiger charge is 2.23. The second kappa shape index (κ2) is 5.32. The van der Waals surface area contributed by atoms with Crippen molar-refractivity contribution in [2.75, 3.05) is 0 Å². The molecule has 27 heavy (non-hydrogen) atoms. The van der Waals surface area contributed by atoms with E-state index < -0.39 is 0 Å². The molecule has 0 spiro atoms. The largest absolute Gasteiger partial charge is 0.344 e. The Morgan fingerprint density at radius 1 is 0.593 bits per heavy atom. The number of quaternary nitrogens is 1. The van der Waals surface area contributed by atoms with Gasteiger partial charge < -0.3 is 4.57 Å². The quantitative estimate of drug-likeness (QED) is 0.379. The molecule has 0 fully saturated rings. The molecule has 128 valence electrons. The zero-order valence-electron chi connectivity index (χ0n) is 15.1. The first-order chi connectivity index (χ1) is 13.3. The molecule has 0 saturated carbocycles. The topological polar surface area (TPSA) is 21.5 Å². The fraction of sp³-hybridized carbons (Fsp3) is 0.0400. The minimum absolute atomic E-state index is 1.27. The summed E-state index contributed by atoms with van der Waals surface area (Å²) in [4.78, 5) is 0. The average Bonchev–Trinajstić information content (AvgIpc) is 3.23. The average molecular weight is 347 g/mol. The third kappa shape index (κ3) is 2.05. The smallest absolute Gasteiger partial charge is 0.142 e. The van der Waals surface area contributed by atoms with E-state index in [0.29, 0.717) is 0 Å². The normalized spacial score (nSPS) is 12.5. The van der Waals surface area contributed by atoms with Crippen LogP contribution in [0.25, 0.3) is 44.1 Å². The molecule has 0 amide bonds. The molecule has 1 aromatic heterocycles. The molecule has 0 aliphatic carbocycles. The van der Waals surface area contributed by atoms with Crippen LogP contribution in [0.15, 0.2) is 84.9 Å². The van der Waals surface area contributed by atoms with E-state index in [2.05, 4.69) is 102 Å². The zero-order chi connectivity index (χ0) is 18.0. The summed E-state index contributed by atoms with van der Waals surface area (Å²) in [5.74, 6) is 0. The molecule has 2 nitrogen and oxygen atoms in total. The standard InChI is InChI=1S/C25H18N2/c1-27-24-9-5-3-7-19(24)21-15-17(11-13-25(21)27)16-10-12-23-20(14-16)18-6-2-4-8-22(18)26-23/h2-15,26H,1H3/p+1. The van der Waals surface area contributed by atoms with Gasteiger partial charge in [-0.25, -0.2) is 0 Å². The van der Waals surface area contributed by atoms with Crippen LogP contribution in [0.2, 0.25) is 0 Å². The van der Waals surface area contributed by atoms with E-state index in [9.17, 15) is 0 Å². The molecular formula is C25H19N2+. The fourth-order valence-electron chi connectivity index (χ4n) is 4.48. The number of aromatic nitrogens is 1. The Hall–Kier alpha value is -3.36. The van der Waals surface area contributed by atoms with Crippen molar-refractivity contribution in [3.05, 3.63) is 84.9 Å². The second-order valence-corrected chi connectivity index (χ2v) is 7.34. The number of fused-ring (bicyclic) bond motifs is 6. The van der Waals surface area contributed by atoms with Crippen LogP contribution in [-0.2, 0) is 7.05 Å². The van der Waals surface area contributed by atoms with E-state index in [1.165, 1.54) is 55.4 Å². The maximum absolute atomic E-state index is 2.34. The predicted octanol–water partition coefficient (Wildman–Crippen LogP) is 5.51. The Balaban J connectivity index is 1.56. The van der Waals surface area contributed by atoms with Gasteiger partial charge in [-0.3, -0.25) is 5.32 Å². The molecule has 2 heterocycles. The second-order valence-electron chi connectivity index (χ2n) is 7.34. The number of hydrogen-bond donors (Lipinski definition) is 1. The maximum Gasteiger partial charge on any atom is 0.142 e. The highest BCUT2D eigenvalue weighted by molar-refractivity contribution is 6.09. The summed E-state index contributed by atoms with van der Waals surface area (Å²) in [6, 6.07) is 30.9. The highest BCUT2D eigenvalue weighted by atomic mass is 14.9. The summed E-state index contributed by atoms with van der Waals surface area (Å²) in [6.07, 6.45) is 0. The number of nitrogens with zero attached hydrogens (tertiary/aromatic N) is 1. The van der Waals surface area contributed by atoms with E-state index in [1.54, 1.807) is 0 Å². The van der Waals surface area contributed by atoms with Gasteiger partial charge in [-0.05, 0) is 47.5 Å². The number of hydrogen-bond acceptors (Lipinski definition) is 0. The van der Waals surface area contributed by atoms with Gasteiger partial charge in [0.25, 0.3) is 0 Å². The lowest BCUT2D eigenvalue weighted by atomic mass is 9.98. The van der Waals surface area contributed by atoms with Gasteiger partial charge in [0.15, 0.2) is 0 Å². The van der Waals surface area contributed by atoms with Crippen LogP contribution in [0.5, 0.6) is 0 Å². The summed E-state index contributed by atoms with van der Waals surface area (Å²) >= 11 is 0. The first kappa shape index (κ1) is 14.8. The van der Waals surface area contributed by atoms with Crippen LogP contribution in [-0.4, -0.2) is 4.57 Å². The molecule has 0 unspecified atom stereocenters. The van der Waals surface area contributed by atoms with Gasteiger partial charge in [-0.1, -0.05) is 36.4 Å². The van der Waals surface area contributed by atoms with E-state index in [1.807, 2.05) is 0 Å². The van der Waals surface area contributed by atoms with E-state index >= 15 is 0 Å². The van der Waals surface area contributed by atoms with Crippen LogP contribution < -0.4 is 5.32 Å². The van der Waals surface area contributed by atoms with Crippen molar-refractivity contribution in [3.63, 3.8) is 0 Å². The maximum atomic E-state index is 2.34. The van der Waals surface area contributed by atoms with Crippen molar-refractivity contribution < 1.29 is 5.32 Å². The molecule has 0 radical (unpaired) electrons. The Labute approximate surface area is 157 Å². The van der Waals surface area contributed by atoms with Crippen molar-refractivity contribution in [2.24, 2.45) is 7.05 Å². The van der Waals surface area contributed by atoms with Gasteiger partial charge in [0.2, 0.25) is 0 Å². The van der Waals surface area contributed by atoms with E-state index in [4.69, 9.17) is 0 Å². The number of aryl methyl sites for hydroxylation is 1. The monoisotopic (exact) mass is 347 g/mol. The Morgan fingerprint density at radius 3 is 2.26 bits per heavy atom. The summed E-state index contributed by atoms with van der Waals surface area (Å²) in [6.45, 7) is 0. The Kier molecular flexibility index (Phi) is 2.91. The van der Waals surface area contributed by atoms with Crippen LogP contribution in [0.4, 0.5) is 11.4 Å². The third-order valence-electron chi connectivity index (χ3n) is 5.86. The van der Waals surface area contributed by atoms with Gasteiger partial charge in [-0.15, -0.1) is 0 Å². The van der Waals surface area contributed by atoms with Crippen molar-refractivity contribution in [3.8, 4) is 22.3 Å². The third-order valence-corrected chi connectivity index (χ3v) is 5.86. The Morgan fingerprint density at radius 2 is 1.30 bits per heavy atom.